The number of halogens is 2. The predicted octanol–water partition coefficient (Wildman–Crippen LogP) is 5.33. The number of carbonyl (C=O) groups excluding carboxylic acids is 2. The molecule has 5 rings (SSSR count). The Morgan fingerprint density at radius 2 is 1.73 bits per heavy atom. The molecule has 0 saturated carbocycles. The van der Waals surface area contributed by atoms with E-state index in [-0.39, 0.29) is 36.1 Å². The van der Waals surface area contributed by atoms with E-state index in [1.807, 2.05) is 0 Å². The van der Waals surface area contributed by atoms with Gasteiger partial charge in [0, 0.05) is 30.3 Å². The van der Waals surface area contributed by atoms with Gasteiger partial charge in [0.25, 0.3) is 5.88 Å². The summed E-state index contributed by atoms with van der Waals surface area (Å²) in [4.78, 5) is 39.0. The van der Waals surface area contributed by atoms with Gasteiger partial charge in [-0.3, -0.25) is 19.6 Å². The molecule has 0 fully saturated rings. The minimum Gasteiger partial charge on any atom is -0.491 e. The van der Waals surface area contributed by atoms with E-state index in [0.717, 1.165) is 0 Å². The quantitative estimate of drug-likeness (QED) is 0.296. The molecule has 8 nitrogen and oxygen atoms in total. The monoisotopic (exact) mass is 543 g/mol. The van der Waals surface area contributed by atoms with Crippen molar-refractivity contribution in [2.24, 2.45) is 4.99 Å². The zero-order valence-electron chi connectivity index (χ0n) is 21.8. The Morgan fingerprint density at radius 1 is 0.950 bits per heavy atom. The number of nitrogens with zero attached hydrogens (tertiary/aromatic N) is 3. The molecule has 0 aliphatic carbocycles. The van der Waals surface area contributed by atoms with Crippen molar-refractivity contribution in [1.82, 2.24) is 9.97 Å². The molecule has 202 valence electrons. The summed E-state index contributed by atoms with van der Waals surface area (Å²) in [5, 5.41) is 0. The lowest BCUT2D eigenvalue weighted by Gasteiger charge is -2.17. The zero-order valence-corrected chi connectivity index (χ0v) is 21.8. The summed E-state index contributed by atoms with van der Waals surface area (Å²) in [6.07, 6.45) is 1.25. The molecular weight excluding hydrogens is 520 g/mol. The van der Waals surface area contributed by atoms with E-state index in [4.69, 9.17) is 14.2 Å². The number of fused-ring (bicyclic) bond motifs is 1. The second-order valence-corrected chi connectivity index (χ2v) is 9.00. The van der Waals surface area contributed by atoms with Crippen LogP contribution in [-0.4, -0.2) is 48.0 Å². The lowest BCUT2D eigenvalue weighted by molar-refractivity contribution is -0.114. The van der Waals surface area contributed by atoms with Gasteiger partial charge in [-0.15, -0.1) is 0 Å². The molecule has 0 bridgehead atoms. The average Bonchev–Trinajstić information content (AvgIpc) is 2.94. The van der Waals surface area contributed by atoms with E-state index in [2.05, 4.69) is 15.0 Å². The normalized spacial score (nSPS) is 13.3. The zero-order chi connectivity index (χ0) is 28.4. The number of rotatable bonds is 8. The number of dihydropyridines is 1. The van der Waals surface area contributed by atoms with Gasteiger partial charge in [-0.25, -0.2) is 13.8 Å². The first kappa shape index (κ1) is 26.6. The van der Waals surface area contributed by atoms with E-state index < -0.39 is 23.2 Å². The summed E-state index contributed by atoms with van der Waals surface area (Å²) in [5.41, 5.74) is 2.42. The van der Waals surface area contributed by atoms with Gasteiger partial charge in [0.05, 0.1) is 26.3 Å². The van der Waals surface area contributed by atoms with Crippen LogP contribution in [-0.2, 0) is 16.0 Å². The van der Waals surface area contributed by atoms with E-state index in [9.17, 15) is 14.0 Å². The molecule has 0 saturated heterocycles. The number of Topliss-reactive ketones (excluding diaryl/α,β-unsaturated/α-hetero) is 2. The Kier molecular flexibility index (Phi) is 7.33. The summed E-state index contributed by atoms with van der Waals surface area (Å²) in [6.45, 7) is 1.90. The lowest BCUT2D eigenvalue weighted by atomic mass is 9.89. The summed E-state index contributed by atoms with van der Waals surface area (Å²) in [5.74, 6) is -1.48. The van der Waals surface area contributed by atoms with Gasteiger partial charge in [-0.2, -0.15) is 0 Å². The molecule has 3 heterocycles. The molecule has 10 heteroatoms. The van der Waals surface area contributed by atoms with Gasteiger partial charge >= 0.3 is 0 Å². The van der Waals surface area contributed by atoms with E-state index >= 15 is 4.39 Å². The number of hydrogen-bond acceptors (Lipinski definition) is 8. The van der Waals surface area contributed by atoms with Crippen molar-refractivity contribution in [3.8, 4) is 23.1 Å². The Morgan fingerprint density at radius 3 is 2.42 bits per heavy atom. The standard InChI is InChI=1S/C30H23F2N3O5/c1-16-15-34-28(29(37)26(16)18-5-7-19(31)8-6-18)22(36)13-17-4-9-23(20(32)12-17)40-24-10-11-33-21-14-25(38-2)30(39-3)35-27(21)24/h4-12,14H,13,15H2,1-3H3. The molecule has 0 N–H and O–H groups in total. The van der Waals surface area contributed by atoms with Gasteiger partial charge in [-0.05, 0) is 47.9 Å². The van der Waals surface area contributed by atoms with Crippen LogP contribution < -0.4 is 14.2 Å². The molecule has 1 aliphatic heterocycles. The van der Waals surface area contributed by atoms with Crippen molar-refractivity contribution in [2.75, 3.05) is 20.8 Å². The Balaban J connectivity index is 1.34. The van der Waals surface area contributed by atoms with Crippen molar-refractivity contribution in [1.29, 1.82) is 0 Å². The Bertz CT molecular complexity index is 1720. The highest BCUT2D eigenvalue weighted by Gasteiger charge is 2.29. The van der Waals surface area contributed by atoms with Gasteiger partial charge < -0.3 is 14.2 Å². The van der Waals surface area contributed by atoms with Gasteiger partial charge in [-0.1, -0.05) is 18.2 Å². The van der Waals surface area contributed by atoms with Crippen LogP contribution in [0.4, 0.5) is 8.78 Å². The number of aliphatic imine (C=N–C) groups is 1. The number of ketones is 2. The minimum absolute atomic E-state index is 0.0940. The molecule has 2 aromatic heterocycles. The number of aromatic nitrogens is 2. The van der Waals surface area contributed by atoms with Crippen molar-refractivity contribution < 1.29 is 32.6 Å². The molecule has 4 aromatic rings. The van der Waals surface area contributed by atoms with Crippen LogP contribution in [0.3, 0.4) is 0 Å². The van der Waals surface area contributed by atoms with Crippen molar-refractivity contribution >= 4 is 33.9 Å². The van der Waals surface area contributed by atoms with Gasteiger partial charge in [0.1, 0.15) is 17.0 Å². The molecule has 0 radical (unpaired) electrons. The highest BCUT2D eigenvalue weighted by molar-refractivity contribution is 6.74. The maximum Gasteiger partial charge on any atom is 0.257 e. The van der Waals surface area contributed by atoms with E-state index in [0.29, 0.717) is 39.1 Å². The molecule has 0 spiro atoms. The summed E-state index contributed by atoms with van der Waals surface area (Å²) < 4.78 is 44.8. The Labute approximate surface area is 228 Å². The molecule has 0 unspecified atom stereocenters. The maximum absolute atomic E-state index is 15.1. The van der Waals surface area contributed by atoms with Gasteiger partial charge in [0.2, 0.25) is 5.78 Å². The first-order valence-corrected chi connectivity index (χ1v) is 12.2. The fourth-order valence-electron chi connectivity index (χ4n) is 4.38. The fourth-order valence-corrected chi connectivity index (χ4v) is 4.38. The molecule has 40 heavy (non-hydrogen) atoms. The fraction of sp³-hybridized carbons (Fsp3) is 0.167. The first-order valence-electron chi connectivity index (χ1n) is 12.2. The molecule has 1 aliphatic rings. The number of carbonyl (C=O) groups is 2. The predicted molar refractivity (Wildman–Crippen MR) is 144 cm³/mol. The van der Waals surface area contributed by atoms with Crippen LogP contribution in [0.1, 0.15) is 18.1 Å². The molecular formula is C30H23F2N3O5. The van der Waals surface area contributed by atoms with Crippen LogP contribution in [0, 0.1) is 11.6 Å². The highest BCUT2D eigenvalue weighted by atomic mass is 19.1. The van der Waals surface area contributed by atoms with E-state index in [1.54, 1.807) is 19.1 Å². The maximum atomic E-state index is 15.1. The van der Waals surface area contributed by atoms with Gasteiger partial charge in [0.15, 0.2) is 28.8 Å². The first-order chi connectivity index (χ1) is 19.3. The molecule has 2 aromatic carbocycles. The second kappa shape index (κ2) is 11.0. The van der Waals surface area contributed by atoms with Crippen LogP contribution in [0.5, 0.6) is 23.1 Å². The smallest absolute Gasteiger partial charge is 0.257 e. The number of pyridine rings is 2. The summed E-state index contributed by atoms with van der Waals surface area (Å²) >= 11 is 0. The summed E-state index contributed by atoms with van der Waals surface area (Å²) in [7, 11) is 2.92. The van der Waals surface area contributed by atoms with Crippen molar-refractivity contribution in [3.05, 3.63) is 89.1 Å². The van der Waals surface area contributed by atoms with Crippen LogP contribution in [0.25, 0.3) is 16.6 Å². The molecule has 0 atom stereocenters. The number of allylic oxidation sites excluding steroid dienone is 1. The van der Waals surface area contributed by atoms with Crippen molar-refractivity contribution in [2.45, 2.75) is 13.3 Å². The highest BCUT2D eigenvalue weighted by Crippen LogP contribution is 2.35. The summed E-state index contributed by atoms with van der Waals surface area (Å²) in [6, 6.07) is 12.7. The third-order valence-electron chi connectivity index (χ3n) is 6.34. The van der Waals surface area contributed by atoms with E-state index in [1.165, 1.54) is 62.9 Å². The third kappa shape index (κ3) is 5.15. The van der Waals surface area contributed by atoms with Crippen LogP contribution in [0.2, 0.25) is 0 Å². The number of hydrogen-bond donors (Lipinski definition) is 0. The van der Waals surface area contributed by atoms with Crippen LogP contribution >= 0.6 is 0 Å². The molecule has 0 amide bonds. The number of benzene rings is 2. The van der Waals surface area contributed by atoms with Crippen molar-refractivity contribution in [3.63, 3.8) is 0 Å². The van der Waals surface area contributed by atoms with Crippen LogP contribution in [0.15, 0.2) is 71.4 Å². The second-order valence-electron chi connectivity index (χ2n) is 9.00. The number of ether oxygens (including phenoxy) is 3. The Hall–Kier alpha value is -4.99. The largest absolute Gasteiger partial charge is 0.491 e. The minimum atomic E-state index is -0.713. The average molecular weight is 544 g/mol. The SMILES string of the molecule is COc1cc2nccc(Oc3ccc(CC(=O)C4=NCC(C)=C(c5ccc(F)cc5)C4=O)cc3F)c2nc1OC. The number of methoxy groups -OCH3 is 2. The third-order valence-corrected chi connectivity index (χ3v) is 6.34. The lowest BCUT2D eigenvalue weighted by Crippen LogP contribution is -2.30. The topological polar surface area (TPSA) is 100.0 Å².